The van der Waals surface area contributed by atoms with Crippen molar-refractivity contribution in [2.45, 2.75) is 38.9 Å². The van der Waals surface area contributed by atoms with Crippen LogP contribution in [0, 0.1) is 16.0 Å². The van der Waals surface area contributed by atoms with Gasteiger partial charge in [0.25, 0.3) is 5.69 Å². The Kier molecular flexibility index (Phi) is 5.81. The molecule has 0 amide bonds. The summed E-state index contributed by atoms with van der Waals surface area (Å²) < 4.78 is 5.80. The van der Waals surface area contributed by atoms with Crippen LogP contribution in [-0.2, 0) is 4.74 Å². The SMILES string of the molecule is CC1CN(CC2CCN(c3ccc(Cl)cc3[N+](=O)[O-])CC2)CC(C)O1. The Labute approximate surface area is 153 Å². The summed E-state index contributed by atoms with van der Waals surface area (Å²) >= 11 is 5.92. The van der Waals surface area contributed by atoms with Crippen molar-refractivity contribution in [1.82, 2.24) is 4.90 Å². The van der Waals surface area contributed by atoms with Gasteiger partial charge in [0.2, 0.25) is 0 Å². The van der Waals surface area contributed by atoms with Crippen molar-refractivity contribution in [1.29, 1.82) is 0 Å². The summed E-state index contributed by atoms with van der Waals surface area (Å²) in [6, 6.07) is 4.94. The lowest BCUT2D eigenvalue weighted by Gasteiger charge is -2.39. The summed E-state index contributed by atoms with van der Waals surface area (Å²) in [7, 11) is 0. The molecule has 0 bridgehead atoms. The zero-order valence-electron chi connectivity index (χ0n) is 14.9. The van der Waals surface area contributed by atoms with Crippen molar-refractivity contribution in [2.24, 2.45) is 5.92 Å². The van der Waals surface area contributed by atoms with Crippen LogP contribution in [0.25, 0.3) is 0 Å². The number of anilines is 1. The number of hydrogen-bond donors (Lipinski definition) is 0. The topological polar surface area (TPSA) is 58.9 Å². The first-order valence-electron chi connectivity index (χ1n) is 8.99. The molecular weight excluding hydrogens is 342 g/mol. The zero-order valence-corrected chi connectivity index (χ0v) is 15.6. The van der Waals surface area contributed by atoms with Gasteiger partial charge in [0, 0.05) is 43.8 Å². The van der Waals surface area contributed by atoms with Crippen molar-refractivity contribution in [3.05, 3.63) is 33.3 Å². The minimum absolute atomic E-state index is 0.0989. The molecule has 0 N–H and O–H groups in total. The molecule has 138 valence electrons. The van der Waals surface area contributed by atoms with Gasteiger partial charge in [-0.3, -0.25) is 15.0 Å². The van der Waals surface area contributed by atoms with Gasteiger partial charge < -0.3 is 9.64 Å². The Balaban J connectivity index is 1.58. The molecule has 0 aliphatic carbocycles. The van der Waals surface area contributed by atoms with E-state index in [-0.39, 0.29) is 10.6 Å². The van der Waals surface area contributed by atoms with Crippen LogP contribution in [0.5, 0.6) is 0 Å². The van der Waals surface area contributed by atoms with Crippen molar-refractivity contribution < 1.29 is 9.66 Å². The Morgan fingerprint density at radius 3 is 2.48 bits per heavy atom. The predicted molar refractivity (Wildman–Crippen MR) is 99.5 cm³/mol. The van der Waals surface area contributed by atoms with Gasteiger partial charge in [-0.15, -0.1) is 0 Å². The van der Waals surface area contributed by atoms with Gasteiger partial charge in [0.15, 0.2) is 0 Å². The van der Waals surface area contributed by atoms with E-state index in [9.17, 15) is 10.1 Å². The highest BCUT2D eigenvalue weighted by molar-refractivity contribution is 6.30. The van der Waals surface area contributed by atoms with E-state index in [2.05, 4.69) is 23.6 Å². The molecule has 2 atom stereocenters. The third-order valence-corrected chi connectivity index (χ3v) is 5.34. The Morgan fingerprint density at radius 2 is 1.88 bits per heavy atom. The molecule has 2 aliphatic rings. The van der Waals surface area contributed by atoms with Crippen LogP contribution in [-0.4, -0.2) is 54.8 Å². The Morgan fingerprint density at radius 1 is 1.24 bits per heavy atom. The maximum Gasteiger partial charge on any atom is 0.294 e. The Bertz CT molecular complexity index is 610. The highest BCUT2D eigenvalue weighted by atomic mass is 35.5. The van der Waals surface area contributed by atoms with E-state index in [0.717, 1.165) is 45.6 Å². The first kappa shape index (κ1) is 18.4. The maximum atomic E-state index is 11.3. The summed E-state index contributed by atoms with van der Waals surface area (Å²) in [5, 5.41) is 11.7. The summed E-state index contributed by atoms with van der Waals surface area (Å²) in [5.74, 6) is 0.639. The number of piperidine rings is 1. The maximum absolute atomic E-state index is 11.3. The lowest BCUT2D eigenvalue weighted by atomic mass is 9.95. The molecule has 2 unspecified atom stereocenters. The fourth-order valence-corrected chi connectivity index (χ4v) is 4.23. The number of rotatable bonds is 4. The smallest absolute Gasteiger partial charge is 0.294 e. The lowest BCUT2D eigenvalue weighted by Crippen LogP contribution is -2.48. The standard InChI is InChI=1S/C18H26ClN3O3/c1-13-10-20(11-14(2)25-13)12-15-5-7-21(8-6-15)17-4-3-16(19)9-18(17)22(23)24/h3-4,9,13-15H,5-8,10-12H2,1-2H3. The number of nitro groups is 1. The molecule has 2 fully saturated rings. The van der Waals surface area contributed by atoms with Gasteiger partial charge in [0.05, 0.1) is 17.1 Å². The number of benzene rings is 1. The zero-order chi connectivity index (χ0) is 18.0. The summed E-state index contributed by atoms with van der Waals surface area (Å²) in [6.07, 6.45) is 2.70. The van der Waals surface area contributed by atoms with E-state index in [1.165, 1.54) is 6.07 Å². The molecule has 7 heteroatoms. The van der Waals surface area contributed by atoms with E-state index < -0.39 is 0 Å². The minimum Gasteiger partial charge on any atom is -0.373 e. The largest absolute Gasteiger partial charge is 0.373 e. The number of nitro benzene ring substituents is 1. The number of nitrogens with zero attached hydrogens (tertiary/aromatic N) is 3. The van der Waals surface area contributed by atoms with Gasteiger partial charge >= 0.3 is 0 Å². The second-order valence-electron chi connectivity index (χ2n) is 7.30. The van der Waals surface area contributed by atoms with Crippen LogP contribution in [0.2, 0.25) is 5.02 Å². The van der Waals surface area contributed by atoms with Gasteiger partial charge in [-0.25, -0.2) is 0 Å². The van der Waals surface area contributed by atoms with E-state index in [0.29, 0.717) is 28.8 Å². The van der Waals surface area contributed by atoms with Crippen molar-refractivity contribution >= 4 is 23.0 Å². The summed E-state index contributed by atoms with van der Waals surface area (Å²) in [6.45, 7) is 9.04. The van der Waals surface area contributed by atoms with Gasteiger partial charge in [0.1, 0.15) is 5.69 Å². The first-order valence-corrected chi connectivity index (χ1v) is 9.37. The molecule has 1 aromatic carbocycles. The van der Waals surface area contributed by atoms with E-state index >= 15 is 0 Å². The molecule has 0 aromatic heterocycles. The second-order valence-corrected chi connectivity index (χ2v) is 7.73. The van der Waals surface area contributed by atoms with Crippen LogP contribution in [0.1, 0.15) is 26.7 Å². The molecule has 2 aliphatic heterocycles. The minimum atomic E-state index is -0.343. The third kappa shape index (κ3) is 4.63. The average Bonchev–Trinajstić information content (AvgIpc) is 2.54. The van der Waals surface area contributed by atoms with Crippen molar-refractivity contribution in [2.75, 3.05) is 37.6 Å². The molecule has 2 saturated heterocycles. The van der Waals surface area contributed by atoms with Crippen LogP contribution in [0.4, 0.5) is 11.4 Å². The van der Waals surface area contributed by atoms with Gasteiger partial charge in [-0.1, -0.05) is 11.6 Å². The average molecular weight is 368 g/mol. The molecule has 6 nitrogen and oxygen atoms in total. The molecular formula is C18H26ClN3O3. The van der Waals surface area contributed by atoms with Crippen LogP contribution in [0.15, 0.2) is 18.2 Å². The molecule has 0 saturated carbocycles. The molecule has 2 heterocycles. The van der Waals surface area contributed by atoms with Crippen molar-refractivity contribution in [3.63, 3.8) is 0 Å². The van der Waals surface area contributed by atoms with E-state index in [1.807, 2.05) is 0 Å². The first-order chi connectivity index (χ1) is 11.9. The number of hydrogen-bond acceptors (Lipinski definition) is 5. The fraction of sp³-hybridized carbons (Fsp3) is 0.667. The van der Waals surface area contributed by atoms with Crippen LogP contribution in [0.3, 0.4) is 0 Å². The normalized spacial score (nSPS) is 26.0. The van der Waals surface area contributed by atoms with Gasteiger partial charge in [-0.05, 0) is 44.7 Å². The molecule has 3 rings (SSSR count). The highest BCUT2D eigenvalue weighted by Crippen LogP contribution is 2.33. The molecule has 1 aromatic rings. The monoisotopic (exact) mass is 367 g/mol. The van der Waals surface area contributed by atoms with Crippen molar-refractivity contribution in [3.8, 4) is 0 Å². The second kappa shape index (κ2) is 7.89. The number of ether oxygens (including phenoxy) is 1. The summed E-state index contributed by atoms with van der Waals surface area (Å²) in [4.78, 5) is 15.6. The molecule has 0 radical (unpaired) electrons. The third-order valence-electron chi connectivity index (χ3n) is 5.10. The predicted octanol–water partition coefficient (Wildman–Crippen LogP) is 3.57. The van der Waals surface area contributed by atoms with Crippen LogP contribution >= 0.6 is 11.6 Å². The van der Waals surface area contributed by atoms with E-state index in [4.69, 9.17) is 16.3 Å². The number of morpholine rings is 1. The van der Waals surface area contributed by atoms with Crippen LogP contribution < -0.4 is 4.90 Å². The lowest BCUT2D eigenvalue weighted by molar-refractivity contribution is -0.384. The number of halogens is 1. The van der Waals surface area contributed by atoms with Gasteiger partial charge in [-0.2, -0.15) is 0 Å². The Hall–Kier alpha value is -1.37. The fourth-order valence-electron chi connectivity index (χ4n) is 4.07. The molecule has 0 spiro atoms. The molecule has 25 heavy (non-hydrogen) atoms. The summed E-state index contributed by atoms with van der Waals surface area (Å²) in [5.41, 5.74) is 0.781. The van der Waals surface area contributed by atoms with E-state index in [1.54, 1.807) is 12.1 Å². The quantitative estimate of drug-likeness (QED) is 0.601. The highest BCUT2D eigenvalue weighted by Gasteiger charge is 2.28.